The van der Waals surface area contributed by atoms with Gasteiger partial charge in [0.25, 0.3) is 0 Å². The second-order valence-corrected chi connectivity index (χ2v) is 6.03. The molecule has 0 radical (unpaired) electrons. The highest BCUT2D eigenvalue weighted by molar-refractivity contribution is 7.98. The van der Waals surface area contributed by atoms with E-state index in [0.717, 1.165) is 23.1 Å². The van der Waals surface area contributed by atoms with Crippen LogP contribution in [0, 0.1) is 0 Å². The van der Waals surface area contributed by atoms with E-state index in [4.69, 9.17) is 10.3 Å². The summed E-state index contributed by atoms with van der Waals surface area (Å²) in [6.45, 7) is 4.58. The molecule has 0 aliphatic carbocycles. The van der Waals surface area contributed by atoms with Gasteiger partial charge in [-0.25, -0.2) is 9.97 Å². The number of aromatic amines is 1. The van der Waals surface area contributed by atoms with E-state index >= 15 is 0 Å². The lowest BCUT2D eigenvalue weighted by molar-refractivity contribution is -0.0410. The van der Waals surface area contributed by atoms with Gasteiger partial charge in [0, 0.05) is 17.0 Å². The molecule has 2 aromatic heterocycles. The zero-order chi connectivity index (χ0) is 14.3. The third-order valence-corrected chi connectivity index (χ3v) is 3.88. The Kier molecular flexibility index (Phi) is 3.08. The standard InChI is InChI=1S/C12H14N6OS/c1-12(2)4-6-7(5-19-12)14-9-8(6)10(17-18-13)16-11(15-9)20-3/h4-5H2,1-3H3,(H,14,15,16). The van der Waals surface area contributed by atoms with Crippen LogP contribution in [0.5, 0.6) is 0 Å². The molecule has 1 N–H and O–H groups in total. The van der Waals surface area contributed by atoms with Crippen LogP contribution < -0.4 is 0 Å². The van der Waals surface area contributed by atoms with Crippen molar-refractivity contribution in [1.29, 1.82) is 0 Å². The van der Waals surface area contributed by atoms with Crippen molar-refractivity contribution in [3.8, 4) is 0 Å². The van der Waals surface area contributed by atoms with Crippen molar-refractivity contribution in [2.24, 2.45) is 5.11 Å². The first kappa shape index (κ1) is 13.2. The van der Waals surface area contributed by atoms with E-state index in [1.807, 2.05) is 20.1 Å². The SMILES string of the molecule is CSc1nc(N=[N+]=[N-])c2c3c([nH]c2n1)COC(C)(C)C3. The molecule has 0 atom stereocenters. The second kappa shape index (κ2) is 4.66. The summed E-state index contributed by atoms with van der Waals surface area (Å²) in [5.74, 6) is 0.386. The van der Waals surface area contributed by atoms with Crippen LogP contribution in [0.2, 0.25) is 0 Å². The predicted molar refractivity (Wildman–Crippen MR) is 77.0 cm³/mol. The molecule has 8 heteroatoms. The summed E-state index contributed by atoms with van der Waals surface area (Å²) < 4.78 is 5.79. The molecule has 20 heavy (non-hydrogen) atoms. The maximum absolute atomic E-state index is 8.74. The van der Waals surface area contributed by atoms with Crippen LogP contribution in [0.25, 0.3) is 21.5 Å². The van der Waals surface area contributed by atoms with Crippen molar-refractivity contribution in [2.45, 2.75) is 37.6 Å². The highest BCUT2D eigenvalue weighted by Gasteiger charge is 2.30. The van der Waals surface area contributed by atoms with Crippen molar-refractivity contribution in [2.75, 3.05) is 6.26 Å². The molecule has 3 rings (SSSR count). The lowest BCUT2D eigenvalue weighted by Crippen LogP contribution is -2.31. The van der Waals surface area contributed by atoms with Gasteiger partial charge in [0.15, 0.2) is 5.16 Å². The van der Waals surface area contributed by atoms with E-state index in [0.29, 0.717) is 23.2 Å². The quantitative estimate of drug-likeness (QED) is 0.301. The van der Waals surface area contributed by atoms with Crippen LogP contribution in [0.4, 0.5) is 5.82 Å². The summed E-state index contributed by atoms with van der Waals surface area (Å²) >= 11 is 1.41. The van der Waals surface area contributed by atoms with Crippen LogP contribution in [0.15, 0.2) is 10.3 Å². The van der Waals surface area contributed by atoms with Crippen LogP contribution in [-0.4, -0.2) is 26.8 Å². The third-order valence-electron chi connectivity index (χ3n) is 3.34. The number of nitrogens with zero attached hydrogens (tertiary/aromatic N) is 5. The van der Waals surface area contributed by atoms with Gasteiger partial charge in [-0.05, 0) is 36.3 Å². The topological polar surface area (TPSA) is 99.6 Å². The fourth-order valence-electron chi connectivity index (χ4n) is 2.44. The maximum atomic E-state index is 8.74. The van der Waals surface area contributed by atoms with E-state index in [-0.39, 0.29) is 5.60 Å². The Hall–Kier alpha value is -1.76. The Labute approximate surface area is 119 Å². The van der Waals surface area contributed by atoms with Crippen LogP contribution in [-0.2, 0) is 17.8 Å². The number of hydrogen-bond acceptors (Lipinski definition) is 5. The third kappa shape index (κ3) is 2.11. The normalized spacial score (nSPS) is 16.8. The number of ether oxygens (including phenoxy) is 1. The first-order valence-corrected chi connectivity index (χ1v) is 7.41. The molecule has 0 unspecified atom stereocenters. The van der Waals surface area contributed by atoms with Gasteiger partial charge in [-0.1, -0.05) is 11.8 Å². The Morgan fingerprint density at radius 1 is 1.45 bits per heavy atom. The van der Waals surface area contributed by atoms with E-state index < -0.39 is 0 Å². The average Bonchev–Trinajstić information content (AvgIpc) is 2.75. The van der Waals surface area contributed by atoms with Crippen molar-refractivity contribution in [3.05, 3.63) is 21.7 Å². The molecule has 3 heterocycles. The lowest BCUT2D eigenvalue weighted by Gasteiger charge is -2.30. The fourth-order valence-corrected chi connectivity index (χ4v) is 2.80. The molecule has 0 aromatic carbocycles. The lowest BCUT2D eigenvalue weighted by atomic mass is 9.94. The monoisotopic (exact) mass is 290 g/mol. The highest BCUT2D eigenvalue weighted by Crippen LogP contribution is 2.37. The minimum atomic E-state index is -0.242. The average molecular weight is 290 g/mol. The van der Waals surface area contributed by atoms with Crippen molar-refractivity contribution >= 4 is 28.6 Å². The van der Waals surface area contributed by atoms with Crippen LogP contribution in [0.3, 0.4) is 0 Å². The van der Waals surface area contributed by atoms with Gasteiger partial charge in [0.2, 0.25) is 0 Å². The molecule has 1 aliphatic heterocycles. The number of hydrogen-bond donors (Lipinski definition) is 1. The molecule has 0 saturated heterocycles. The van der Waals surface area contributed by atoms with Gasteiger partial charge in [-0.2, -0.15) is 0 Å². The summed E-state index contributed by atoms with van der Waals surface area (Å²) in [5, 5.41) is 5.12. The summed E-state index contributed by atoms with van der Waals surface area (Å²) in [7, 11) is 0. The van der Waals surface area contributed by atoms with Gasteiger partial charge >= 0.3 is 0 Å². The molecule has 0 bridgehead atoms. The molecule has 0 spiro atoms. The van der Waals surface area contributed by atoms with E-state index in [2.05, 4.69) is 25.0 Å². The summed E-state index contributed by atoms with van der Waals surface area (Å²) in [5.41, 5.74) is 11.3. The summed E-state index contributed by atoms with van der Waals surface area (Å²) in [6.07, 6.45) is 2.62. The number of thioether (sulfide) groups is 1. The van der Waals surface area contributed by atoms with Crippen LogP contribution >= 0.6 is 11.8 Å². The van der Waals surface area contributed by atoms with Crippen molar-refractivity contribution in [1.82, 2.24) is 15.0 Å². The Bertz CT molecular complexity index is 731. The molecule has 104 valence electrons. The molecule has 2 aromatic rings. The molecule has 7 nitrogen and oxygen atoms in total. The summed E-state index contributed by atoms with van der Waals surface area (Å²) in [6, 6.07) is 0. The van der Waals surface area contributed by atoms with Crippen molar-refractivity contribution < 1.29 is 4.74 Å². The Balaban J connectivity index is 2.30. The van der Waals surface area contributed by atoms with Gasteiger partial charge in [-0.3, -0.25) is 0 Å². The zero-order valence-corrected chi connectivity index (χ0v) is 12.3. The number of aromatic nitrogens is 3. The number of nitrogens with one attached hydrogen (secondary N) is 1. The second-order valence-electron chi connectivity index (χ2n) is 5.25. The highest BCUT2D eigenvalue weighted by atomic mass is 32.2. The van der Waals surface area contributed by atoms with Gasteiger partial charge in [0.05, 0.1) is 17.6 Å². The number of fused-ring (bicyclic) bond motifs is 3. The first-order chi connectivity index (χ1) is 9.54. The first-order valence-electron chi connectivity index (χ1n) is 6.18. The largest absolute Gasteiger partial charge is 0.369 e. The van der Waals surface area contributed by atoms with Crippen LogP contribution in [0.1, 0.15) is 25.1 Å². The molecule has 1 aliphatic rings. The molecular weight excluding hydrogens is 276 g/mol. The van der Waals surface area contributed by atoms with Crippen molar-refractivity contribution in [3.63, 3.8) is 0 Å². The minimum Gasteiger partial charge on any atom is -0.369 e. The zero-order valence-electron chi connectivity index (χ0n) is 11.5. The molecule has 0 amide bonds. The van der Waals surface area contributed by atoms with E-state index in [1.165, 1.54) is 11.8 Å². The Morgan fingerprint density at radius 3 is 2.95 bits per heavy atom. The molecule has 0 saturated carbocycles. The smallest absolute Gasteiger partial charge is 0.189 e. The minimum absolute atomic E-state index is 0.242. The van der Waals surface area contributed by atoms with Gasteiger partial charge in [-0.15, -0.1) is 0 Å². The maximum Gasteiger partial charge on any atom is 0.189 e. The van der Waals surface area contributed by atoms with E-state index in [9.17, 15) is 0 Å². The van der Waals surface area contributed by atoms with E-state index in [1.54, 1.807) is 0 Å². The number of azide groups is 1. The Morgan fingerprint density at radius 2 is 2.25 bits per heavy atom. The predicted octanol–water partition coefficient (Wildman–Crippen LogP) is 3.47. The molecular formula is C12H14N6OS. The van der Waals surface area contributed by atoms with Gasteiger partial charge in [0.1, 0.15) is 11.5 Å². The number of H-pyrrole nitrogens is 1. The molecule has 0 fully saturated rings. The fraction of sp³-hybridized carbons (Fsp3) is 0.500. The van der Waals surface area contributed by atoms with Gasteiger partial charge < -0.3 is 9.72 Å². The number of rotatable bonds is 2. The summed E-state index contributed by atoms with van der Waals surface area (Å²) in [4.78, 5) is 14.9.